The second kappa shape index (κ2) is 5.11. The van der Waals surface area contributed by atoms with E-state index in [4.69, 9.17) is 0 Å². The highest BCUT2D eigenvalue weighted by Crippen LogP contribution is 2.81. The van der Waals surface area contributed by atoms with Gasteiger partial charge in [0.15, 0.2) is 5.78 Å². The van der Waals surface area contributed by atoms with Crippen LogP contribution in [0.15, 0.2) is 11.6 Å². The lowest BCUT2D eigenvalue weighted by Crippen LogP contribution is -2.57. The number of carboxylic acid groups (broad SMARTS) is 1. The van der Waals surface area contributed by atoms with Gasteiger partial charge in [-0.05, 0) is 96.9 Å². The summed E-state index contributed by atoms with van der Waals surface area (Å²) in [6.07, 6.45) is 8.65. The number of rotatable bonds is 3. The molecule has 2 N–H and O–H groups in total. The highest BCUT2D eigenvalue weighted by Gasteiger charge is 2.78. The number of carbonyl (C=O) groups excluding carboxylic acids is 1. The number of hydrogen-bond donors (Lipinski definition) is 2. The summed E-state index contributed by atoms with van der Waals surface area (Å²) < 4.78 is 0. The number of allylic oxidation sites excluding steroid dienone is 1. The number of carbonyl (C=O) groups is 2. The average Bonchev–Trinajstić information content (AvgIpc) is 3.53. The summed E-state index contributed by atoms with van der Waals surface area (Å²) in [5.74, 6) is 3.58. The van der Waals surface area contributed by atoms with E-state index in [2.05, 4.69) is 13.8 Å². The Bertz CT molecular complexity index is 815. The fourth-order valence-corrected chi connectivity index (χ4v) is 9.28. The third-order valence-electron chi connectivity index (χ3n) is 10.6. The summed E-state index contributed by atoms with van der Waals surface area (Å²) >= 11 is 0. The Labute approximate surface area is 166 Å². The van der Waals surface area contributed by atoms with Crippen LogP contribution in [-0.2, 0) is 9.59 Å². The van der Waals surface area contributed by atoms with Crippen molar-refractivity contribution in [3.8, 4) is 0 Å². The SMILES string of the molecule is C[C@]12CCC(=O)C=C1[C@@H]1C[C@@H]1[C@H]1[C@@H]3[C@@H]4C[C@@H]4[C@@](O)(CCC(=O)O)[C@@]3(C)CC[C@@H]12. The summed E-state index contributed by atoms with van der Waals surface area (Å²) in [6, 6.07) is 0. The molecular formula is C24H32O4. The molecule has 0 amide bonds. The largest absolute Gasteiger partial charge is 0.481 e. The standard InChI is InChI=1S/C24H32O4/c1-22-6-3-12(25)9-17(22)13-10-14(13)20-16(22)4-7-23(2)21(20)15-11-18(15)24(23,28)8-5-19(26)27/h9,13-16,18,20-21,28H,3-8,10-11H2,1-2H3,(H,26,27)/t13-,14+,15-,16+,18+,20-,21+,22-,23+,24+/m1/s1. The van der Waals surface area contributed by atoms with Crippen LogP contribution < -0.4 is 0 Å². The van der Waals surface area contributed by atoms with E-state index in [9.17, 15) is 19.8 Å². The number of aliphatic carboxylic acids is 1. The van der Waals surface area contributed by atoms with Crippen LogP contribution in [0.1, 0.15) is 65.2 Å². The molecule has 0 radical (unpaired) electrons. The fourth-order valence-electron chi connectivity index (χ4n) is 9.28. The third-order valence-corrected chi connectivity index (χ3v) is 10.6. The van der Waals surface area contributed by atoms with Gasteiger partial charge in [0.2, 0.25) is 0 Å². The number of hydrogen-bond acceptors (Lipinski definition) is 3. The van der Waals surface area contributed by atoms with Crippen molar-refractivity contribution in [3.63, 3.8) is 0 Å². The van der Waals surface area contributed by atoms with Crippen LogP contribution >= 0.6 is 0 Å². The Kier molecular flexibility index (Phi) is 3.23. The molecule has 6 rings (SSSR count). The van der Waals surface area contributed by atoms with Crippen molar-refractivity contribution in [2.45, 2.75) is 70.8 Å². The molecule has 0 heterocycles. The van der Waals surface area contributed by atoms with Gasteiger partial charge in [-0.3, -0.25) is 9.59 Å². The summed E-state index contributed by atoms with van der Waals surface area (Å²) in [5.41, 5.74) is 0.705. The Morgan fingerprint density at radius 3 is 2.71 bits per heavy atom. The highest BCUT2D eigenvalue weighted by atomic mass is 16.4. The molecule has 0 aliphatic heterocycles. The first-order valence-electron chi connectivity index (χ1n) is 11.4. The summed E-state index contributed by atoms with van der Waals surface area (Å²) in [6.45, 7) is 4.72. The minimum atomic E-state index is -0.796. The van der Waals surface area contributed by atoms with Gasteiger partial charge in [0.05, 0.1) is 5.60 Å². The second-order valence-electron chi connectivity index (χ2n) is 11.5. The van der Waals surface area contributed by atoms with E-state index in [-0.39, 0.29) is 17.3 Å². The first-order valence-corrected chi connectivity index (χ1v) is 11.4. The molecule has 152 valence electrons. The highest BCUT2D eigenvalue weighted by molar-refractivity contribution is 5.92. The van der Waals surface area contributed by atoms with Crippen LogP contribution in [0.5, 0.6) is 0 Å². The molecule has 0 aromatic carbocycles. The van der Waals surface area contributed by atoms with E-state index in [0.717, 1.165) is 25.7 Å². The van der Waals surface area contributed by atoms with Gasteiger partial charge >= 0.3 is 5.97 Å². The smallest absolute Gasteiger partial charge is 0.303 e. The molecule has 4 heteroatoms. The lowest BCUT2D eigenvalue weighted by atomic mass is 9.45. The summed E-state index contributed by atoms with van der Waals surface area (Å²) in [7, 11) is 0. The monoisotopic (exact) mass is 384 g/mol. The molecule has 6 aliphatic rings. The molecule has 0 saturated heterocycles. The number of carboxylic acids is 1. The van der Waals surface area contributed by atoms with Crippen LogP contribution in [0.3, 0.4) is 0 Å². The van der Waals surface area contributed by atoms with Crippen LogP contribution in [0.25, 0.3) is 0 Å². The lowest BCUT2D eigenvalue weighted by molar-refractivity contribution is -0.160. The predicted molar refractivity (Wildman–Crippen MR) is 103 cm³/mol. The summed E-state index contributed by atoms with van der Waals surface area (Å²) in [5, 5.41) is 21.1. The normalized spacial score (nSPS) is 57.9. The van der Waals surface area contributed by atoms with E-state index in [0.29, 0.717) is 60.1 Å². The van der Waals surface area contributed by atoms with Crippen LogP contribution in [-0.4, -0.2) is 27.6 Å². The Morgan fingerprint density at radius 1 is 1.18 bits per heavy atom. The molecule has 4 nitrogen and oxygen atoms in total. The summed E-state index contributed by atoms with van der Waals surface area (Å²) in [4.78, 5) is 23.4. The van der Waals surface area contributed by atoms with Gasteiger partial charge in [0.1, 0.15) is 0 Å². The molecule has 0 spiro atoms. The Hall–Kier alpha value is -1.16. The number of ketones is 1. The minimum Gasteiger partial charge on any atom is -0.481 e. The molecule has 6 aliphatic carbocycles. The average molecular weight is 385 g/mol. The fraction of sp³-hybridized carbons (Fsp3) is 0.833. The van der Waals surface area contributed by atoms with Gasteiger partial charge < -0.3 is 10.2 Å². The minimum absolute atomic E-state index is 0.0783. The predicted octanol–water partition coefficient (Wildman–Crippen LogP) is 3.83. The maximum atomic E-state index is 12.1. The maximum absolute atomic E-state index is 12.1. The molecule has 0 bridgehead atoms. The van der Waals surface area contributed by atoms with Crippen molar-refractivity contribution in [1.29, 1.82) is 0 Å². The second-order valence-corrected chi connectivity index (χ2v) is 11.5. The zero-order chi connectivity index (χ0) is 19.6. The van der Waals surface area contributed by atoms with Gasteiger partial charge in [-0.15, -0.1) is 0 Å². The van der Waals surface area contributed by atoms with Gasteiger partial charge in [-0.1, -0.05) is 19.4 Å². The molecule has 0 aromatic rings. The van der Waals surface area contributed by atoms with E-state index >= 15 is 0 Å². The zero-order valence-electron chi connectivity index (χ0n) is 17.0. The van der Waals surface area contributed by atoms with Crippen LogP contribution in [0, 0.1) is 52.3 Å². The Balaban J connectivity index is 1.38. The van der Waals surface area contributed by atoms with Crippen molar-refractivity contribution >= 4 is 11.8 Å². The quantitative estimate of drug-likeness (QED) is 0.776. The van der Waals surface area contributed by atoms with Gasteiger partial charge in [0.25, 0.3) is 0 Å². The van der Waals surface area contributed by atoms with Crippen molar-refractivity contribution in [2.24, 2.45) is 52.3 Å². The van der Waals surface area contributed by atoms with Gasteiger partial charge in [0, 0.05) is 12.8 Å². The van der Waals surface area contributed by atoms with E-state index in [1.54, 1.807) is 0 Å². The van der Waals surface area contributed by atoms with Gasteiger partial charge in [-0.2, -0.15) is 0 Å². The first-order chi connectivity index (χ1) is 13.2. The van der Waals surface area contributed by atoms with Crippen molar-refractivity contribution in [2.75, 3.05) is 0 Å². The molecule has 10 atom stereocenters. The molecule has 5 fully saturated rings. The van der Waals surface area contributed by atoms with Crippen molar-refractivity contribution in [1.82, 2.24) is 0 Å². The van der Waals surface area contributed by atoms with Crippen LogP contribution in [0.2, 0.25) is 0 Å². The molecular weight excluding hydrogens is 352 g/mol. The third kappa shape index (κ3) is 1.92. The molecule has 0 unspecified atom stereocenters. The zero-order valence-corrected chi connectivity index (χ0v) is 17.0. The van der Waals surface area contributed by atoms with Crippen molar-refractivity contribution in [3.05, 3.63) is 11.6 Å². The van der Waals surface area contributed by atoms with Gasteiger partial charge in [-0.25, -0.2) is 0 Å². The topological polar surface area (TPSA) is 74.6 Å². The van der Waals surface area contributed by atoms with Crippen molar-refractivity contribution < 1.29 is 19.8 Å². The molecule has 5 saturated carbocycles. The van der Waals surface area contributed by atoms with E-state index in [1.807, 2.05) is 6.08 Å². The molecule has 28 heavy (non-hydrogen) atoms. The maximum Gasteiger partial charge on any atom is 0.303 e. The molecule has 0 aromatic heterocycles. The lowest BCUT2D eigenvalue weighted by Gasteiger charge is -2.60. The number of fused-ring (bicyclic) bond motifs is 10. The van der Waals surface area contributed by atoms with Crippen LogP contribution in [0.4, 0.5) is 0 Å². The van der Waals surface area contributed by atoms with E-state index < -0.39 is 11.6 Å². The first kappa shape index (κ1) is 17.7. The number of aliphatic hydroxyl groups is 1. The Morgan fingerprint density at radius 2 is 1.96 bits per heavy atom. The van der Waals surface area contributed by atoms with E-state index in [1.165, 1.54) is 12.0 Å².